The standard InChI is InChI=1S/C27H28BrN3O4/c1-19(35-24-8-3-2-4-9-24)25(32)29-22-6-5-7-23(18-22)30-26(33)31-16-14-27(34,15-17-31)20-10-12-21(28)13-11-20/h2-13,18-19,34H,14-17H2,1H3,(H,29,32)(H,30,33). The number of hydrogen-bond acceptors (Lipinski definition) is 4. The quantitative estimate of drug-likeness (QED) is 0.394. The third-order valence-electron chi connectivity index (χ3n) is 6.07. The predicted molar refractivity (Wildman–Crippen MR) is 139 cm³/mol. The fourth-order valence-corrected chi connectivity index (χ4v) is 4.27. The van der Waals surface area contributed by atoms with E-state index in [2.05, 4.69) is 26.6 Å². The summed E-state index contributed by atoms with van der Waals surface area (Å²) in [7, 11) is 0. The minimum atomic E-state index is -0.944. The molecule has 1 atom stereocenters. The first-order valence-corrected chi connectivity index (χ1v) is 12.3. The molecule has 1 saturated heterocycles. The molecule has 0 radical (unpaired) electrons. The smallest absolute Gasteiger partial charge is 0.321 e. The van der Waals surface area contributed by atoms with Gasteiger partial charge in [0.25, 0.3) is 5.91 Å². The number of halogens is 1. The summed E-state index contributed by atoms with van der Waals surface area (Å²) >= 11 is 3.41. The minimum absolute atomic E-state index is 0.243. The van der Waals surface area contributed by atoms with E-state index in [-0.39, 0.29) is 11.9 Å². The Hall–Kier alpha value is -3.36. The summed E-state index contributed by atoms with van der Waals surface area (Å²) in [4.78, 5) is 27.0. The van der Waals surface area contributed by atoms with Crippen LogP contribution in [0.3, 0.4) is 0 Å². The van der Waals surface area contributed by atoms with E-state index in [1.165, 1.54) is 0 Å². The van der Waals surface area contributed by atoms with Gasteiger partial charge in [-0.25, -0.2) is 4.79 Å². The Morgan fingerprint density at radius 2 is 1.57 bits per heavy atom. The third-order valence-corrected chi connectivity index (χ3v) is 6.59. The van der Waals surface area contributed by atoms with Gasteiger partial charge in [-0.05, 0) is 67.8 Å². The van der Waals surface area contributed by atoms with E-state index in [0.29, 0.717) is 43.1 Å². The van der Waals surface area contributed by atoms with Crippen molar-refractivity contribution in [2.45, 2.75) is 31.5 Å². The number of nitrogens with one attached hydrogen (secondary N) is 2. The largest absolute Gasteiger partial charge is 0.481 e. The van der Waals surface area contributed by atoms with Gasteiger partial charge in [-0.15, -0.1) is 0 Å². The average molecular weight is 538 g/mol. The molecule has 0 aromatic heterocycles. The second-order valence-electron chi connectivity index (χ2n) is 8.60. The van der Waals surface area contributed by atoms with Crippen LogP contribution >= 0.6 is 15.9 Å². The topological polar surface area (TPSA) is 90.9 Å². The number of benzene rings is 3. The highest BCUT2D eigenvalue weighted by Crippen LogP contribution is 2.33. The van der Waals surface area contributed by atoms with Gasteiger partial charge in [-0.3, -0.25) is 4.79 Å². The van der Waals surface area contributed by atoms with Crippen molar-refractivity contribution in [2.75, 3.05) is 23.7 Å². The van der Waals surface area contributed by atoms with Crippen LogP contribution in [-0.2, 0) is 10.4 Å². The van der Waals surface area contributed by atoms with Crippen LogP contribution in [0, 0.1) is 0 Å². The van der Waals surface area contributed by atoms with Gasteiger partial charge >= 0.3 is 6.03 Å². The maximum atomic E-state index is 12.8. The zero-order chi connectivity index (χ0) is 24.8. The lowest BCUT2D eigenvalue weighted by Crippen LogP contribution is -2.46. The van der Waals surface area contributed by atoms with Crippen molar-refractivity contribution < 1.29 is 19.4 Å². The summed E-state index contributed by atoms with van der Waals surface area (Å²) in [6.07, 6.45) is 0.225. The Balaban J connectivity index is 1.31. The van der Waals surface area contributed by atoms with E-state index >= 15 is 0 Å². The van der Waals surface area contributed by atoms with Crippen LogP contribution in [0.4, 0.5) is 16.2 Å². The summed E-state index contributed by atoms with van der Waals surface area (Å²) < 4.78 is 6.62. The molecule has 0 saturated carbocycles. The highest BCUT2D eigenvalue weighted by molar-refractivity contribution is 9.10. The van der Waals surface area contributed by atoms with E-state index in [9.17, 15) is 14.7 Å². The van der Waals surface area contributed by atoms with Gasteiger partial charge in [0, 0.05) is 28.9 Å². The normalized spacial score (nSPS) is 15.7. The molecule has 3 N–H and O–H groups in total. The third kappa shape index (κ3) is 6.41. The monoisotopic (exact) mass is 537 g/mol. The second-order valence-corrected chi connectivity index (χ2v) is 9.51. The van der Waals surface area contributed by atoms with E-state index < -0.39 is 11.7 Å². The summed E-state index contributed by atoms with van der Waals surface area (Å²) in [5.74, 6) is 0.324. The Labute approximate surface area is 213 Å². The van der Waals surface area contributed by atoms with Crippen molar-refractivity contribution in [1.82, 2.24) is 4.90 Å². The van der Waals surface area contributed by atoms with Crippen LogP contribution in [0.2, 0.25) is 0 Å². The van der Waals surface area contributed by atoms with Crippen molar-refractivity contribution in [3.63, 3.8) is 0 Å². The number of anilines is 2. The fraction of sp³-hybridized carbons (Fsp3) is 0.259. The molecular weight excluding hydrogens is 510 g/mol. The number of rotatable bonds is 6. The van der Waals surface area contributed by atoms with Crippen molar-refractivity contribution in [3.05, 3.63) is 88.9 Å². The molecule has 7 nitrogen and oxygen atoms in total. The first kappa shape index (κ1) is 24.8. The zero-order valence-electron chi connectivity index (χ0n) is 19.4. The van der Waals surface area contributed by atoms with Crippen molar-refractivity contribution in [2.24, 2.45) is 0 Å². The van der Waals surface area contributed by atoms with E-state index in [4.69, 9.17) is 4.74 Å². The highest BCUT2D eigenvalue weighted by Gasteiger charge is 2.35. The van der Waals surface area contributed by atoms with Gasteiger partial charge < -0.3 is 25.4 Å². The zero-order valence-corrected chi connectivity index (χ0v) is 21.0. The Morgan fingerprint density at radius 1 is 0.943 bits per heavy atom. The van der Waals surface area contributed by atoms with E-state index in [1.54, 1.807) is 48.2 Å². The number of para-hydroxylation sites is 1. The molecule has 1 aliphatic heterocycles. The Bertz CT molecular complexity index is 1160. The molecule has 182 valence electrons. The number of nitrogens with zero attached hydrogens (tertiary/aromatic N) is 1. The van der Waals surface area contributed by atoms with Crippen LogP contribution in [0.1, 0.15) is 25.3 Å². The van der Waals surface area contributed by atoms with Gasteiger partial charge in [0.2, 0.25) is 0 Å². The molecule has 0 aliphatic carbocycles. The molecular formula is C27H28BrN3O4. The first-order chi connectivity index (χ1) is 16.8. The number of piperidine rings is 1. The number of hydrogen-bond donors (Lipinski definition) is 3. The van der Waals surface area contributed by atoms with Gasteiger partial charge in [-0.2, -0.15) is 0 Å². The molecule has 8 heteroatoms. The Kier molecular flexibility index (Phi) is 7.73. The summed E-state index contributed by atoms with van der Waals surface area (Å²) in [6, 6.07) is 23.5. The number of ether oxygens (including phenoxy) is 1. The number of aliphatic hydroxyl groups is 1. The van der Waals surface area contributed by atoms with Gasteiger partial charge in [-0.1, -0.05) is 52.3 Å². The molecule has 0 spiro atoms. The van der Waals surface area contributed by atoms with Crippen molar-refractivity contribution >= 4 is 39.2 Å². The number of amides is 3. The number of carbonyl (C=O) groups excluding carboxylic acids is 2. The van der Waals surface area contributed by atoms with Gasteiger partial charge in [0.05, 0.1) is 5.60 Å². The maximum Gasteiger partial charge on any atom is 0.321 e. The van der Waals surface area contributed by atoms with Crippen LogP contribution in [-0.4, -0.2) is 41.1 Å². The predicted octanol–water partition coefficient (Wildman–Crippen LogP) is 5.37. The SMILES string of the molecule is CC(Oc1ccccc1)C(=O)Nc1cccc(NC(=O)N2CCC(O)(c3ccc(Br)cc3)CC2)c1. The minimum Gasteiger partial charge on any atom is -0.481 e. The summed E-state index contributed by atoms with van der Waals surface area (Å²) in [6.45, 7) is 2.55. The number of likely N-dealkylation sites (tertiary alicyclic amines) is 1. The molecule has 3 amide bonds. The maximum absolute atomic E-state index is 12.8. The average Bonchev–Trinajstić information content (AvgIpc) is 2.85. The summed E-state index contributed by atoms with van der Waals surface area (Å²) in [5.41, 5.74) is 1.03. The number of urea groups is 1. The van der Waals surface area contributed by atoms with Gasteiger partial charge in [0.15, 0.2) is 6.10 Å². The molecule has 4 rings (SSSR count). The second kappa shape index (κ2) is 10.9. The molecule has 1 heterocycles. The Morgan fingerprint density at radius 3 is 2.23 bits per heavy atom. The molecule has 1 aliphatic rings. The molecule has 1 fully saturated rings. The molecule has 0 bridgehead atoms. The van der Waals surface area contributed by atoms with Crippen LogP contribution < -0.4 is 15.4 Å². The number of carbonyl (C=O) groups is 2. The van der Waals surface area contributed by atoms with Crippen molar-refractivity contribution in [3.8, 4) is 5.75 Å². The van der Waals surface area contributed by atoms with Gasteiger partial charge in [0.1, 0.15) is 5.75 Å². The lowest BCUT2D eigenvalue weighted by Gasteiger charge is -2.38. The van der Waals surface area contributed by atoms with Crippen LogP contribution in [0.25, 0.3) is 0 Å². The lowest BCUT2D eigenvalue weighted by atomic mass is 9.84. The molecule has 1 unspecified atom stereocenters. The molecule has 3 aromatic carbocycles. The molecule has 35 heavy (non-hydrogen) atoms. The molecule has 3 aromatic rings. The van der Waals surface area contributed by atoms with E-state index in [1.807, 2.05) is 42.5 Å². The lowest BCUT2D eigenvalue weighted by molar-refractivity contribution is -0.122. The highest BCUT2D eigenvalue weighted by atomic mass is 79.9. The van der Waals surface area contributed by atoms with Crippen molar-refractivity contribution in [1.29, 1.82) is 0 Å². The van der Waals surface area contributed by atoms with Crippen LogP contribution in [0.15, 0.2) is 83.3 Å². The fourth-order valence-electron chi connectivity index (χ4n) is 4.01. The van der Waals surface area contributed by atoms with Crippen LogP contribution in [0.5, 0.6) is 5.75 Å². The summed E-state index contributed by atoms with van der Waals surface area (Å²) in [5, 5.41) is 16.8. The first-order valence-electron chi connectivity index (χ1n) is 11.5. The van der Waals surface area contributed by atoms with E-state index in [0.717, 1.165) is 10.0 Å².